The van der Waals surface area contributed by atoms with Crippen molar-refractivity contribution in [3.8, 4) is 11.5 Å². The molecule has 152 valence electrons. The van der Waals surface area contributed by atoms with Crippen molar-refractivity contribution in [3.05, 3.63) is 18.2 Å². The summed E-state index contributed by atoms with van der Waals surface area (Å²) in [6.07, 6.45) is 5.99. The van der Waals surface area contributed by atoms with Crippen molar-refractivity contribution in [2.24, 2.45) is 0 Å². The number of rotatable bonds is 13. The maximum Gasteiger partial charge on any atom is 0.260 e. The molecule has 1 rings (SSSR count). The molecule has 0 saturated carbocycles. The summed E-state index contributed by atoms with van der Waals surface area (Å²) in [6, 6.07) is 5.28. The first-order chi connectivity index (χ1) is 13.1. The van der Waals surface area contributed by atoms with E-state index >= 15 is 0 Å². The summed E-state index contributed by atoms with van der Waals surface area (Å²) >= 11 is 0. The summed E-state index contributed by atoms with van der Waals surface area (Å²) in [4.78, 5) is 26.0. The highest BCUT2D eigenvalue weighted by Gasteiger charge is 2.15. The second-order valence-electron chi connectivity index (χ2n) is 6.40. The van der Waals surface area contributed by atoms with E-state index in [4.69, 9.17) is 9.47 Å². The molecule has 27 heavy (non-hydrogen) atoms. The number of amides is 2. The van der Waals surface area contributed by atoms with E-state index in [2.05, 4.69) is 12.2 Å². The van der Waals surface area contributed by atoms with Crippen LogP contribution in [0, 0.1) is 0 Å². The van der Waals surface area contributed by atoms with Crippen LogP contribution in [0.3, 0.4) is 0 Å². The van der Waals surface area contributed by atoms with Gasteiger partial charge in [-0.25, -0.2) is 0 Å². The molecule has 0 radical (unpaired) electrons. The molecule has 6 nitrogen and oxygen atoms in total. The molecule has 0 heterocycles. The third-order valence-corrected chi connectivity index (χ3v) is 4.43. The van der Waals surface area contributed by atoms with E-state index in [1.165, 1.54) is 20.0 Å². The van der Waals surface area contributed by atoms with Gasteiger partial charge in [-0.15, -0.1) is 0 Å². The third-order valence-electron chi connectivity index (χ3n) is 4.43. The number of methoxy groups -OCH3 is 1. The number of hydrogen-bond acceptors (Lipinski definition) is 4. The van der Waals surface area contributed by atoms with Crippen LogP contribution in [0.25, 0.3) is 0 Å². The topological polar surface area (TPSA) is 67.9 Å². The van der Waals surface area contributed by atoms with Crippen LogP contribution in [0.2, 0.25) is 0 Å². The second kappa shape index (κ2) is 13.0. The average molecular weight is 379 g/mol. The molecule has 0 aliphatic heterocycles. The van der Waals surface area contributed by atoms with Crippen molar-refractivity contribution in [3.63, 3.8) is 0 Å². The van der Waals surface area contributed by atoms with Gasteiger partial charge < -0.3 is 19.7 Å². The quantitative estimate of drug-likeness (QED) is 0.521. The van der Waals surface area contributed by atoms with E-state index in [1.807, 2.05) is 13.8 Å². The first-order valence-corrected chi connectivity index (χ1v) is 9.94. The number of para-hydroxylation sites is 1. The summed E-state index contributed by atoms with van der Waals surface area (Å²) in [6.45, 7) is 7.26. The van der Waals surface area contributed by atoms with E-state index < -0.39 is 0 Å². The molecule has 0 atom stereocenters. The zero-order valence-electron chi connectivity index (χ0n) is 17.2. The average Bonchev–Trinajstić information content (AvgIpc) is 2.67. The molecule has 0 aliphatic rings. The molecule has 1 N–H and O–H groups in total. The van der Waals surface area contributed by atoms with Crippen LogP contribution in [-0.4, -0.2) is 43.5 Å². The molecular formula is C21H34N2O4. The summed E-state index contributed by atoms with van der Waals surface area (Å²) in [7, 11) is 1.52. The van der Waals surface area contributed by atoms with E-state index in [0.717, 1.165) is 19.3 Å². The van der Waals surface area contributed by atoms with Crippen molar-refractivity contribution in [2.75, 3.05) is 32.1 Å². The summed E-state index contributed by atoms with van der Waals surface area (Å²) < 4.78 is 11.1. The zero-order valence-corrected chi connectivity index (χ0v) is 17.2. The van der Waals surface area contributed by atoms with Crippen LogP contribution in [0.15, 0.2) is 18.2 Å². The van der Waals surface area contributed by atoms with Gasteiger partial charge in [-0.05, 0) is 32.4 Å². The van der Waals surface area contributed by atoms with Gasteiger partial charge in [-0.1, -0.05) is 38.7 Å². The van der Waals surface area contributed by atoms with E-state index in [9.17, 15) is 9.59 Å². The van der Waals surface area contributed by atoms with Crippen LogP contribution in [0.1, 0.15) is 59.3 Å². The molecule has 0 aromatic heterocycles. The Balaban J connectivity index is 2.65. The number of hydrogen-bond donors (Lipinski definition) is 1. The smallest absolute Gasteiger partial charge is 0.260 e. The number of benzene rings is 1. The fraction of sp³-hybridized carbons (Fsp3) is 0.619. The zero-order chi connectivity index (χ0) is 20.1. The van der Waals surface area contributed by atoms with Gasteiger partial charge in [0, 0.05) is 19.5 Å². The summed E-state index contributed by atoms with van der Waals surface area (Å²) in [5, 5.41) is 2.89. The molecule has 1 aromatic rings. The van der Waals surface area contributed by atoms with Crippen LogP contribution >= 0.6 is 0 Å². The standard InChI is InChI=1S/C21H34N2O4/c1-5-8-9-10-11-15-19(24)22-17-13-12-14-18(21(17)26-4)27-16-20(25)23(6-2)7-3/h12-14H,5-11,15-16H2,1-4H3,(H,22,24). The van der Waals surface area contributed by atoms with Crippen LogP contribution in [-0.2, 0) is 9.59 Å². The Morgan fingerprint density at radius 1 is 1.04 bits per heavy atom. The molecule has 0 unspecified atom stereocenters. The van der Waals surface area contributed by atoms with Gasteiger partial charge in [0.2, 0.25) is 5.91 Å². The van der Waals surface area contributed by atoms with Gasteiger partial charge in [0.25, 0.3) is 5.91 Å². The normalized spacial score (nSPS) is 10.4. The molecular weight excluding hydrogens is 344 g/mol. The fourth-order valence-electron chi connectivity index (χ4n) is 2.85. The highest BCUT2D eigenvalue weighted by atomic mass is 16.5. The fourth-order valence-corrected chi connectivity index (χ4v) is 2.85. The van der Waals surface area contributed by atoms with Gasteiger partial charge in [-0.2, -0.15) is 0 Å². The minimum atomic E-state index is -0.0800. The Morgan fingerprint density at radius 2 is 1.74 bits per heavy atom. The monoisotopic (exact) mass is 378 g/mol. The molecule has 0 spiro atoms. The van der Waals surface area contributed by atoms with Crippen LogP contribution in [0.5, 0.6) is 11.5 Å². The molecule has 0 bridgehead atoms. The highest BCUT2D eigenvalue weighted by Crippen LogP contribution is 2.35. The first kappa shape index (κ1) is 22.8. The maximum absolute atomic E-state index is 12.2. The van der Waals surface area contributed by atoms with Gasteiger partial charge in [0.05, 0.1) is 12.8 Å². The van der Waals surface area contributed by atoms with Crippen LogP contribution < -0.4 is 14.8 Å². The molecule has 1 aromatic carbocycles. The number of unbranched alkanes of at least 4 members (excludes halogenated alkanes) is 4. The molecule has 6 heteroatoms. The molecule has 2 amide bonds. The lowest BCUT2D eigenvalue weighted by Gasteiger charge is -2.20. The minimum Gasteiger partial charge on any atom is -0.491 e. The Kier molecular flexibility index (Phi) is 11.0. The number of nitrogens with zero attached hydrogens (tertiary/aromatic N) is 1. The van der Waals surface area contributed by atoms with Crippen molar-refractivity contribution < 1.29 is 19.1 Å². The lowest BCUT2D eigenvalue weighted by Crippen LogP contribution is -2.34. The van der Waals surface area contributed by atoms with Gasteiger partial charge in [-0.3, -0.25) is 9.59 Å². The third kappa shape index (κ3) is 7.89. The lowest BCUT2D eigenvalue weighted by atomic mass is 10.1. The van der Waals surface area contributed by atoms with E-state index in [0.29, 0.717) is 36.7 Å². The molecule has 0 saturated heterocycles. The number of carbonyl (C=O) groups excluding carboxylic acids is 2. The van der Waals surface area contributed by atoms with Gasteiger partial charge in [0.15, 0.2) is 18.1 Å². The van der Waals surface area contributed by atoms with Crippen molar-refractivity contribution in [1.82, 2.24) is 4.90 Å². The lowest BCUT2D eigenvalue weighted by molar-refractivity contribution is -0.133. The van der Waals surface area contributed by atoms with Crippen molar-refractivity contribution in [2.45, 2.75) is 59.3 Å². The number of likely N-dealkylation sites (N-methyl/N-ethyl adjacent to an activating group) is 1. The van der Waals surface area contributed by atoms with E-state index in [-0.39, 0.29) is 18.4 Å². The number of anilines is 1. The summed E-state index contributed by atoms with van der Waals surface area (Å²) in [5.74, 6) is 0.757. The number of nitrogens with one attached hydrogen (secondary N) is 1. The number of ether oxygens (including phenoxy) is 2. The largest absolute Gasteiger partial charge is 0.491 e. The molecule has 0 aliphatic carbocycles. The van der Waals surface area contributed by atoms with Gasteiger partial charge >= 0.3 is 0 Å². The maximum atomic E-state index is 12.2. The van der Waals surface area contributed by atoms with E-state index in [1.54, 1.807) is 23.1 Å². The minimum absolute atomic E-state index is 0.0406. The molecule has 0 fully saturated rings. The highest BCUT2D eigenvalue weighted by molar-refractivity contribution is 5.92. The second-order valence-corrected chi connectivity index (χ2v) is 6.40. The van der Waals surface area contributed by atoms with Crippen molar-refractivity contribution >= 4 is 17.5 Å². The van der Waals surface area contributed by atoms with Crippen LogP contribution in [0.4, 0.5) is 5.69 Å². The Morgan fingerprint density at radius 3 is 2.37 bits per heavy atom. The summed E-state index contributed by atoms with van der Waals surface area (Å²) in [5.41, 5.74) is 0.559. The van der Waals surface area contributed by atoms with Gasteiger partial charge in [0.1, 0.15) is 0 Å². The Labute approximate surface area is 163 Å². The predicted octanol–water partition coefficient (Wildman–Crippen LogP) is 4.24. The Bertz CT molecular complexity index is 586. The van der Waals surface area contributed by atoms with Crippen molar-refractivity contribution in [1.29, 1.82) is 0 Å². The predicted molar refractivity (Wildman–Crippen MR) is 108 cm³/mol. The number of carbonyl (C=O) groups is 2. The Hall–Kier alpha value is -2.24. The first-order valence-electron chi connectivity index (χ1n) is 9.94. The SMILES string of the molecule is CCCCCCCC(=O)Nc1cccc(OCC(=O)N(CC)CC)c1OC.